The zero-order chi connectivity index (χ0) is 18.7. The molecule has 2 aromatic rings. The fourth-order valence-corrected chi connectivity index (χ4v) is 3.67. The van der Waals surface area contributed by atoms with Gasteiger partial charge in [-0.2, -0.15) is 10.4 Å². The molecule has 1 aromatic heterocycles. The van der Waals surface area contributed by atoms with Crippen LogP contribution in [-0.4, -0.2) is 28.5 Å². The Morgan fingerprint density at radius 3 is 2.88 bits per heavy atom. The van der Waals surface area contributed by atoms with Gasteiger partial charge >= 0.3 is 5.97 Å². The second kappa shape index (κ2) is 7.71. The van der Waals surface area contributed by atoms with Crippen molar-refractivity contribution in [1.29, 1.82) is 5.26 Å². The zero-order valence-electron chi connectivity index (χ0n) is 14.6. The fourth-order valence-electron chi connectivity index (χ4n) is 3.39. The number of nitrogens with one attached hydrogen (secondary N) is 1. The van der Waals surface area contributed by atoms with Gasteiger partial charge in [0.05, 0.1) is 23.4 Å². The van der Waals surface area contributed by atoms with Crippen LogP contribution >= 0.6 is 11.6 Å². The van der Waals surface area contributed by atoms with E-state index >= 15 is 0 Å². The van der Waals surface area contributed by atoms with Crippen molar-refractivity contribution in [2.75, 3.05) is 6.61 Å². The summed E-state index contributed by atoms with van der Waals surface area (Å²) in [5, 5.41) is 16.7. The van der Waals surface area contributed by atoms with Crippen LogP contribution in [0.3, 0.4) is 0 Å². The summed E-state index contributed by atoms with van der Waals surface area (Å²) in [6.45, 7) is 4.09. The number of rotatable bonds is 5. The van der Waals surface area contributed by atoms with Crippen LogP contribution in [0.25, 0.3) is 0 Å². The standard InChI is InChI=1S/C19H19ClN4O2/c1-3-6-14-16(19(25)26-4-2)15(13-10-22-24-18(13)23-14)12-8-5-7-11(9-21)17(12)20/h5,7-8,10,15-16H,3-4,6H2,1-2H3,(H,22,24). The Balaban J connectivity index is 2.21. The van der Waals surface area contributed by atoms with Gasteiger partial charge in [-0.05, 0) is 25.0 Å². The number of ether oxygens (including phenoxy) is 1. The molecule has 0 bridgehead atoms. The summed E-state index contributed by atoms with van der Waals surface area (Å²) in [7, 11) is 0. The summed E-state index contributed by atoms with van der Waals surface area (Å²) in [6.07, 6.45) is 3.17. The van der Waals surface area contributed by atoms with Crippen LogP contribution in [0.2, 0.25) is 5.02 Å². The molecule has 1 aliphatic rings. The predicted molar refractivity (Wildman–Crippen MR) is 98.7 cm³/mol. The summed E-state index contributed by atoms with van der Waals surface area (Å²) in [5.74, 6) is -0.707. The van der Waals surface area contributed by atoms with Crippen LogP contribution in [-0.2, 0) is 9.53 Å². The van der Waals surface area contributed by atoms with Crippen LogP contribution in [0, 0.1) is 17.2 Å². The molecule has 7 heteroatoms. The van der Waals surface area contributed by atoms with E-state index in [2.05, 4.69) is 21.3 Å². The smallest absolute Gasteiger partial charge is 0.315 e. The molecule has 1 aliphatic heterocycles. The van der Waals surface area contributed by atoms with E-state index in [0.717, 1.165) is 17.7 Å². The molecule has 0 aliphatic carbocycles. The van der Waals surface area contributed by atoms with E-state index in [0.29, 0.717) is 28.4 Å². The number of hydrogen-bond acceptors (Lipinski definition) is 5. The highest BCUT2D eigenvalue weighted by Gasteiger charge is 2.41. The first-order valence-corrected chi connectivity index (χ1v) is 8.95. The van der Waals surface area contributed by atoms with Gasteiger partial charge < -0.3 is 4.74 Å². The van der Waals surface area contributed by atoms with E-state index < -0.39 is 11.8 Å². The van der Waals surface area contributed by atoms with Crippen LogP contribution in [0.15, 0.2) is 29.4 Å². The van der Waals surface area contributed by atoms with Gasteiger partial charge in [-0.25, -0.2) is 4.99 Å². The van der Waals surface area contributed by atoms with E-state index in [1.165, 1.54) is 0 Å². The van der Waals surface area contributed by atoms with E-state index in [-0.39, 0.29) is 12.6 Å². The number of aromatic nitrogens is 2. The Hall–Kier alpha value is -2.65. The van der Waals surface area contributed by atoms with Crippen molar-refractivity contribution in [3.8, 4) is 6.07 Å². The van der Waals surface area contributed by atoms with Crippen molar-refractivity contribution in [2.45, 2.75) is 32.6 Å². The number of halogens is 1. The maximum atomic E-state index is 12.8. The van der Waals surface area contributed by atoms with E-state index in [1.54, 1.807) is 25.3 Å². The van der Waals surface area contributed by atoms with Crippen molar-refractivity contribution in [2.24, 2.45) is 10.9 Å². The maximum absolute atomic E-state index is 12.8. The SMILES string of the molecule is CCCC1=Nc2[nH]ncc2C(c2cccc(C#N)c2Cl)C1C(=O)OCC. The first-order valence-electron chi connectivity index (χ1n) is 8.58. The number of aliphatic imine (C=N–C) groups is 1. The summed E-state index contributed by atoms with van der Waals surface area (Å²) >= 11 is 6.50. The molecule has 0 spiro atoms. The highest BCUT2D eigenvalue weighted by atomic mass is 35.5. The molecule has 0 saturated carbocycles. The molecule has 2 atom stereocenters. The molecule has 2 heterocycles. The molecule has 3 rings (SSSR count). The normalized spacial score (nSPS) is 18.6. The van der Waals surface area contributed by atoms with Crippen molar-refractivity contribution in [3.05, 3.63) is 46.1 Å². The van der Waals surface area contributed by atoms with Crippen molar-refractivity contribution < 1.29 is 9.53 Å². The van der Waals surface area contributed by atoms with Crippen LogP contribution in [0.5, 0.6) is 0 Å². The van der Waals surface area contributed by atoms with Crippen molar-refractivity contribution in [3.63, 3.8) is 0 Å². The summed E-state index contributed by atoms with van der Waals surface area (Å²) in [5.41, 5.74) is 2.59. The van der Waals surface area contributed by atoms with Gasteiger partial charge in [0.1, 0.15) is 12.0 Å². The fraction of sp³-hybridized carbons (Fsp3) is 0.368. The monoisotopic (exact) mass is 370 g/mol. The number of carbonyl (C=O) groups excluding carboxylic acids is 1. The molecule has 0 fully saturated rings. The first kappa shape index (κ1) is 18.2. The minimum atomic E-state index is -0.591. The van der Waals surface area contributed by atoms with Gasteiger partial charge in [0, 0.05) is 17.2 Å². The molecule has 2 unspecified atom stereocenters. The molecule has 134 valence electrons. The molecular formula is C19H19ClN4O2. The number of benzene rings is 1. The van der Waals surface area contributed by atoms with Crippen molar-refractivity contribution in [1.82, 2.24) is 10.2 Å². The minimum Gasteiger partial charge on any atom is -0.465 e. The van der Waals surface area contributed by atoms with E-state index in [9.17, 15) is 10.1 Å². The average molecular weight is 371 g/mol. The van der Waals surface area contributed by atoms with Gasteiger partial charge in [-0.15, -0.1) is 0 Å². The third-order valence-corrected chi connectivity index (χ3v) is 4.88. The Labute approximate surface area is 156 Å². The topological polar surface area (TPSA) is 91.1 Å². The third kappa shape index (κ3) is 3.11. The lowest BCUT2D eigenvalue weighted by atomic mass is 9.76. The number of carbonyl (C=O) groups is 1. The Kier molecular flexibility index (Phi) is 5.38. The zero-order valence-corrected chi connectivity index (χ0v) is 15.4. The number of nitriles is 1. The quantitative estimate of drug-likeness (QED) is 0.801. The van der Waals surface area contributed by atoms with Crippen LogP contribution in [0.4, 0.5) is 5.82 Å². The summed E-state index contributed by atoms with van der Waals surface area (Å²) in [4.78, 5) is 17.4. The van der Waals surface area contributed by atoms with E-state index in [1.807, 2.05) is 13.0 Å². The van der Waals surface area contributed by atoms with Crippen molar-refractivity contribution >= 4 is 29.1 Å². The highest BCUT2D eigenvalue weighted by molar-refractivity contribution is 6.32. The number of aromatic amines is 1. The van der Waals surface area contributed by atoms with Crippen LogP contribution < -0.4 is 0 Å². The molecule has 1 N–H and O–H groups in total. The third-order valence-electron chi connectivity index (χ3n) is 4.46. The van der Waals surface area contributed by atoms with Crippen LogP contribution in [0.1, 0.15) is 49.3 Å². The predicted octanol–water partition coefficient (Wildman–Crippen LogP) is 4.13. The van der Waals surface area contributed by atoms with Gasteiger partial charge in [0.2, 0.25) is 0 Å². The maximum Gasteiger partial charge on any atom is 0.315 e. The number of H-pyrrole nitrogens is 1. The lowest BCUT2D eigenvalue weighted by molar-refractivity contribution is -0.146. The number of hydrogen-bond donors (Lipinski definition) is 1. The molecule has 6 nitrogen and oxygen atoms in total. The highest BCUT2D eigenvalue weighted by Crippen LogP contribution is 2.45. The van der Waals surface area contributed by atoms with E-state index in [4.69, 9.17) is 16.3 Å². The number of esters is 1. The van der Waals surface area contributed by atoms with Gasteiger partial charge in [-0.3, -0.25) is 9.89 Å². The van der Waals surface area contributed by atoms with Gasteiger partial charge in [0.25, 0.3) is 0 Å². The molecular weight excluding hydrogens is 352 g/mol. The Bertz CT molecular complexity index is 897. The Morgan fingerprint density at radius 2 is 2.19 bits per heavy atom. The minimum absolute atomic E-state index is 0.283. The molecule has 1 aromatic carbocycles. The second-order valence-corrected chi connectivity index (χ2v) is 6.43. The molecule has 0 amide bonds. The molecule has 26 heavy (non-hydrogen) atoms. The second-order valence-electron chi connectivity index (χ2n) is 6.06. The number of nitrogens with zero attached hydrogens (tertiary/aromatic N) is 3. The molecule has 0 saturated heterocycles. The Morgan fingerprint density at radius 1 is 1.38 bits per heavy atom. The van der Waals surface area contributed by atoms with Gasteiger partial charge in [0.15, 0.2) is 5.82 Å². The summed E-state index contributed by atoms with van der Waals surface area (Å²) < 4.78 is 5.34. The summed E-state index contributed by atoms with van der Waals surface area (Å²) in [6, 6.07) is 7.36. The lowest BCUT2D eigenvalue weighted by Gasteiger charge is -2.31. The largest absolute Gasteiger partial charge is 0.465 e. The van der Waals surface area contributed by atoms with Gasteiger partial charge in [-0.1, -0.05) is 37.1 Å². The first-order chi connectivity index (χ1) is 12.6. The average Bonchev–Trinajstić information content (AvgIpc) is 3.09. The number of fused-ring (bicyclic) bond motifs is 1. The lowest BCUT2D eigenvalue weighted by Crippen LogP contribution is -2.34. The molecule has 0 radical (unpaired) electrons.